The minimum absolute atomic E-state index is 0.434. The first kappa shape index (κ1) is 12.2. The fraction of sp³-hybridized carbons (Fsp3) is 0.231. The van der Waals surface area contributed by atoms with E-state index in [-0.39, 0.29) is 0 Å². The van der Waals surface area contributed by atoms with Gasteiger partial charge in [0.25, 0.3) is 0 Å². The number of carbonyl (C=O) groups is 1. The number of amides is 1. The Kier molecular flexibility index (Phi) is 3.32. The van der Waals surface area contributed by atoms with Crippen LogP contribution in [0, 0.1) is 0 Å². The summed E-state index contributed by atoms with van der Waals surface area (Å²) < 4.78 is 6.61. The molecular formula is C13H15N3O2. The summed E-state index contributed by atoms with van der Waals surface area (Å²) in [5.74, 6) is 0.434. The first-order chi connectivity index (χ1) is 8.60. The Labute approximate surface area is 105 Å². The van der Waals surface area contributed by atoms with Gasteiger partial charge in [-0.3, -0.25) is 4.68 Å². The number of carbonyl (C=O) groups excluding carboxylic acids is 1. The molecule has 5 nitrogen and oxygen atoms in total. The zero-order chi connectivity index (χ0) is 13.1. The molecule has 1 aromatic carbocycles. The first-order valence-electron chi connectivity index (χ1n) is 5.70. The van der Waals surface area contributed by atoms with E-state index in [9.17, 15) is 4.79 Å². The van der Waals surface area contributed by atoms with E-state index >= 15 is 0 Å². The van der Waals surface area contributed by atoms with E-state index in [1.165, 1.54) is 0 Å². The maximum Gasteiger partial charge on any atom is 0.409 e. The summed E-state index contributed by atoms with van der Waals surface area (Å²) in [4.78, 5) is 10.6. The number of nitrogens with zero attached hydrogens (tertiary/aromatic N) is 2. The third kappa shape index (κ3) is 2.51. The van der Waals surface area contributed by atoms with Crippen molar-refractivity contribution in [2.24, 2.45) is 12.8 Å². The van der Waals surface area contributed by atoms with Crippen molar-refractivity contribution < 1.29 is 9.53 Å². The van der Waals surface area contributed by atoms with Crippen molar-refractivity contribution in [3.05, 3.63) is 36.0 Å². The third-order valence-corrected chi connectivity index (χ3v) is 2.66. The molecule has 1 aromatic heterocycles. The molecule has 0 aliphatic rings. The molecule has 0 aliphatic carbocycles. The van der Waals surface area contributed by atoms with E-state index in [0.29, 0.717) is 5.75 Å². The maximum atomic E-state index is 10.6. The van der Waals surface area contributed by atoms with Crippen molar-refractivity contribution in [3.8, 4) is 17.0 Å². The average Bonchev–Trinajstić information content (AvgIpc) is 2.71. The SMILES string of the molecule is CCc1cc(-c2ccc(OC(N)=O)cc2)n(C)n1. The molecule has 0 saturated carbocycles. The summed E-state index contributed by atoms with van der Waals surface area (Å²) >= 11 is 0. The van der Waals surface area contributed by atoms with Crippen molar-refractivity contribution in [1.29, 1.82) is 0 Å². The van der Waals surface area contributed by atoms with Crippen molar-refractivity contribution in [3.63, 3.8) is 0 Å². The number of hydrogen-bond acceptors (Lipinski definition) is 3. The normalized spacial score (nSPS) is 10.3. The molecule has 0 spiro atoms. The largest absolute Gasteiger partial charge is 0.411 e. The Balaban J connectivity index is 2.28. The third-order valence-electron chi connectivity index (χ3n) is 2.66. The highest BCUT2D eigenvalue weighted by Crippen LogP contribution is 2.23. The van der Waals surface area contributed by atoms with Crippen LogP contribution in [-0.4, -0.2) is 15.9 Å². The number of aryl methyl sites for hydroxylation is 2. The second-order valence-corrected chi connectivity index (χ2v) is 3.94. The molecule has 0 bridgehead atoms. The van der Waals surface area contributed by atoms with Crippen LogP contribution in [0.5, 0.6) is 5.75 Å². The van der Waals surface area contributed by atoms with E-state index in [4.69, 9.17) is 10.5 Å². The van der Waals surface area contributed by atoms with Crippen LogP contribution in [-0.2, 0) is 13.5 Å². The van der Waals surface area contributed by atoms with Gasteiger partial charge in [0.2, 0.25) is 0 Å². The Bertz CT molecular complexity index is 558. The van der Waals surface area contributed by atoms with Crippen LogP contribution in [0.15, 0.2) is 30.3 Å². The summed E-state index contributed by atoms with van der Waals surface area (Å²) in [6, 6.07) is 9.20. The van der Waals surface area contributed by atoms with E-state index in [1.807, 2.05) is 29.9 Å². The topological polar surface area (TPSA) is 70.1 Å². The number of aromatic nitrogens is 2. The Morgan fingerprint density at radius 2 is 2.06 bits per heavy atom. The molecule has 2 aromatic rings. The number of hydrogen-bond donors (Lipinski definition) is 1. The van der Waals surface area contributed by atoms with Gasteiger partial charge >= 0.3 is 6.09 Å². The van der Waals surface area contributed by atoms with Gasteiger partial charge in [-0.15, -0.1) is 0 Å². The molecule has 94 valence electrons. The average molecular weight is 245 g/mol. The molecule has 5 heteroatoms. The van der Waals surface area contributed by atoms with Crippen LogP contribution in [0.25, 0.3) is 11.3 Å². The van der Waals surface area contributed by atoms with Crippen LogP contribution in [0.2, 0.25) is 0 Å². The number of nitrogens with two attached hydrogens (primary N) is 1. The molecule has 2 N–H and O–H groups in total. The summed E-state index contributed by atoms with van der Waals surface area (Å²) in [5, 5.41) is 4.39. The van der Waals surface area contributed by atoms with Crippen LogP contribution in [0.1, 0.15) is 12.6 Å². The summed E-state index contributed by atoms with van der Waals surface area (Å²) in [6.45, 7) is 2.07. The number of ether oxygens (including phenoxy) is 1. The minimum atomic E-state index is -0.809. The predicted molar refractivity (Wildman–Crippen MR) is 68.2 cm³/mol. The highest BCUT2D eigenvalue weighted by molar-refractivity contribution is 5.69. The van der Waals surface area contributed by atoms with Gasteiger partial charge in [-0.25, -0.2) is 4.79 Å². The van der Waals surface area contributed by atoms with Crippen molar-refractivity contribution >= 4 is 6.09 Å². The molecule has 0 fully saturated rings. The van der Waals surface area contributed by atoms with E-state index in [1.54, 1.807) is 12.1 Å². The molecular weight excluding hydrogens is 230 g/mol. The quantitative estimate of drug-likeness (QED) is 0.900. The molecule has 18 heavy (non-hydrogen) atoms. The molecule has 0 unspecified atom stereocenters. The summed E-state index contributed by atoms with van der Waals surface area (Å²) in [7, 11) is 1.91. The zero-order valence-corrected chi connectivity index (χ0v) is 10.4. The molecule has 0 atom stereocenters. The molecule has 0 radical (unpaired) electrons. The number of rotatable bonds is 3. The second-order valence-electron chi connectivity index (χ2n) is 3.94. The van der Waals surface area contributed by atoms with Crippen LogP contribution < -0.4 is 10.5 Å². The van der Waals surface area contributed by atoms with Gasteiger partial charge in [0, 0.05) is 12.6 Å². The van der Waals surface area contributed by atoms with Crippen molar-refractivity contribution in [2.45, 2.75) is 13.3 Å². The van der Waals surface area contributed by atoms with Crippen molar-refractivity contribution in [1.82, 2.24) is 9.78 Å². The highest BCUT2D eigenvalue weighted by Gasteiger charge is 2.07. The monoisotopic (exact) mass is 245 g/mol. The molecule has 1 heterocycles. The summed E-state index contributed by atoms with van der Waals surface area (Å²) in [6.07, 6.45) is 0.0908. The van der Waals surface area contributed by atoms with E-state index in [2.05, 4.69) is 12.0 Å². The zero-order valence-electron chi connectivity index (χ0n) is 10.4. The fourth-order valence-electron chi connectivity index (χ4n) is 1.78. The second kappa shape index (κ2) is 4.91. The Morgan fingerprint density at radius 3 is 2.56 bits per heavy atom. The van der Waals surface area contributed by atoms with Crippen LogP contribution in [0.4, 0.5) is 4.79 Å². The smallest absolute Gasteiger partial charge is 0.409 e. The molecule has 1 amide bonds. The van der Waals surface area contributed by atoms with Crippen LogP contribution in [0.3, 0.4) is 0 Å². The summed E-state index contributed by atoms with van der Waals surface area (Å²) in [5.41, 5.74) is 8.03. The van der Waals surface area contributed by atoms with Gasteiger partial charge in [0.05, 0.1) is 11.4 Å². The lowest BCUT2D eigenvalue weighted by molar-refractivity contribution is 0.211. The molecule has 0 aliphatic heterocycles. The standard InChI is InChI=1S/C13H15N3O2/c1-3-10-8-12(16(2)15-10)9-4-6-11(7-5-9)18-13(14)17/h4-8H,3H2,1-2H3,(H2,14,17). The minimum Gasteiger partial charge on any atom is -0.411 e. The Morgan fingerprint density at radius 1 is 1.39 bits per heavy atom. The number of benzene rings is 1. The Hall–Kier alpha value is -2.30. The fourth-order valence-corrected chi connectivity index (χ4v) is 1.78. The van der Waals surface area contributed by atoms with Gasteiger partial charge in [-0.1, -0.05) is 6.92 Å². The first-order valence-corrected chi connectivity index (χ1v) is 5.70. The highest BCUT2D eigenvalue weighted by atomic mass is 16.5. The maximum absolute atomic E-state index is 10.6. The van der Waals surface area contributed by atoms with E-state index in [0.717, 1.165) is 23.4 Å². The van der Waals surface area contributed by atoms with Gasteiger partial charge in [0.1, 0.15) is 5.75 Å². The predicted octanol–water partition coefficient (Wildman–Crippen LogP) is 2.11. The van der Waals surface area contributed by atoms with Gasteiger partial charge in [-0.2, -0.15) is 5.10 Å². The lowest BCUT2D eigenvalue weighted by Gasteiger charge is -2.04. The lowest BCUT2D eigenvalue weighted by atomic mass is 10.1. The van der Waals surface area contributed by atoms with Gasteiger partial charge < -0.3 is 10.5 Å². The van der Waals surface area contributed by atoms with E-state index < -0.39 is 6.09 Å². The van der Waals surface area contributed by atoms with Crippen LogP contribution >= 0.6 is 0 Å². The number of primary amides is 1. The molecule has 0 saturated heterocycles. The van der Waals surface area contributed by atoms with Gasteiger partial charge in [0.15, 0.2) is 0 Å². The van der Waals surface area contributed by atoms with Crippen molar-refractivity contribution in [2.75, 3.05) is 0 Å². The molecule has 2 rings (SSSR count). The van der Waals surface area contributed by atoms with Gasteiger partial charge in [-0.05, 0) is 36.8 Å². The lowest BCUT2D eigenvalue weighted by Crippen LogP contribution is -2.16.